The van der Waals surface area contributed by atoms with Crippen LogP contribution < -0.4 is 5.32 Å². The molecule has 0 bridgehead atoms. The number of nitrogens with zero attached hydrogens (tertiary/aromatic N) is 2. The Morgan fingerprint density at radius 3 is 2.52 bits per heavy atom. The number of nitriles is 1. The third kappa shape index (κ3) is 6.35. The fraction of sp³-hybridized carbons (Fsp3) is 0.429. The highest BCUT2D eigenvalue weighted by Gasteiger charge is 2.26. The normalized spacial score (nSPS) is 16.5. The topological polar surface area (TPSA) is 109 Å². The van der Waals surface area contributed by atoms with Crippen molar-refractivity contribution in [1.29, 1.82) is 5.26 Å². The Balaban J connectivity index is 2.01. The van der Waals surface area contributed by atoms with Crippen molar-refractivity contribution in [3.8, 4) is 6.07 Å². The summed E-state index contributed by atoms with van der Waals surface area (Å²) in [5.74, 6) is -1.52. The number of carbonyl (C=O) groups excluding carboxylic acids is 3. The molecule has 1 heterocycles. The van der Waals surface area contributed by atoms with Crippen LogP contribution in [0.4, 0.5) is 5.69 Å². The molecule has 1 saturated heterocycles. The average molecular weight is 399 g/mol. The van der Waals surface area contributed by atoms with Gasteiger partial charge in [0.25, 0.3) is 5.91 Å². The molecule has 1 fully saturated rings. The summed E-state index contributed by atoms with van der Waals surface area (Å²) in [6.07, 6.45) is 2.98. The summed E-state index contributed by atoms with van der Waals surface area (Å²) >= 11 is 0. The maximum atomic E-state index is 12.4. The molecule has 0 aliphatic carbocycles. The van der Waals surface area contributed by atoms with E-state index in [0.717, 1.165) is 12.8 Å². The first-order valence-electron chi connectivity index (χ1n) is 9.59. The quantitative estimate of drug-likeness (QED) is 0.426. The Hall–Kier alpha value is -3.34. The molecule has 1 amide bonds. The molecule has 1 aliphatic rings. The predicted molar refractivity (Wildman–Crippen MR) is 106 cm³/mol. The number of ether oxygens (including phenoxy) is 2. The van der Waals surface area contributed by atoms with Gasteiger partial charge in [0.1, 0.15) is 11.6 Å². The Labute approximate surface area is 170 Å². The molecular weight excluding hydrogens is 374 g/mol. The van der Waals surface area contributed by atoms with Crippen molar-refractivity contribution < 1.29 is 23.9 Å². The van der Waals surface area contributed by atoms with E-state index < -0.39 is 11.9 Å². The largest absolute Gasteiger partial charge is 0.466 e. The lowest BCUT2D eigenvalue weighted by Gasteiger charge is -2.30. The van der Waals surface area contributed by atoms with Crippen LogP contribution in [0.15, 0.2) is 36.0 Å². The van der Waals surface area contributed by atoms with Gasteiger partial charge in [-0.25, -0.2) is 4.79 Å². The van der Waals surface area contributed by atoms with Crippen LogP contribution in [0, 0.1) is 17.2 Å². The number of hydrogen-bond acceptors (Lipinski definition) is 7. The summed E-state index contributed by atoms with van der Waals surface area (Å²) in [6.45, 7) is 5.15. The first-order valence-corrected chi connectivity index (χ1v) is 9.59. The van der Waals surface area contributed by atoms with Crippen LogP contribution in [0.3, 0.4) is 0 Å². The first-order chi connectivity index (χ1) is 14.0. The van der Waals surface area contributed by atoms with Crippen LogP contribution >= 0.6 is 0 Å². The van der Waals surface area contributed by atoms with Gasteiger partial charge in [-0.1, -0.05) is 0 Å². The molecule has 0 aromatic heterocycles. The molecule has 2 rings (SSSR count). The minimum Gasteiger partial charge on any atom is -0.466 e. The number of hydrogen-bond donors (Lipinski definition) is 1. The van der Waals surface area contributed by atoms with E-state index in [1.165, 1.54) is 18.3 Å². The summed E-state index contributed by atoms with van der Waals surface area (Å²) in [5.41, 5.74) is 0.760. The SMILES string of the molecule is CCOC(=O)c1ccc(NC(=O)/C(C#N)=C\N2CCCC(C(=O)OCC)C2)cc1. The van der Waals surface area contributed by atoms with Gasteiger partial charge in [-0.2, -0.15) is 5.26 Å². The highest BCUT2D eigenvalue weighted by atomic mass is 16.5. The summed E-state index contributed by atoms with van der Waals surface area (Å²) in [7, 11) is 0. The number of rotatable bonds is 7. The first kappa shape index (κ1) is 22.0. The third-order valence-electron chi connectivity index (χ3n) is 4.40. The van der Waals surface area contributed by atoms with E-state index in [9.17, 15) is 19.6 Å². The highest BCUT2D eigenvalue weighted by molar-refractivity contribution is 6.06. The molecular formula is C21H25N3O5. The molecule has 1 unspecified atom stereocenters. The van der Waals surface area contributed by atoms with Crippen molar-refractivity contribution in [1.82, 2.24) is 4.90 Å². The summed E-state index contributed by atoms with van der Waals surface area (Å²) in [4.78, 5) is 37.9. The number of nitrogens with one attached hydrogen (secondary N) is 1. The number of anilines is 1. The van der Waals surface area contributed by atoms with Gasteiger partial charge in [0.15, 0.2) is 0 Å². The van der Waals surface area contributed by atoms with Gasteiger partial charge in [0.05, 0.1) is 24.7 Å². The maximum absolute atomic E-state index is 12.4. The van der Waals surface area contributed by atoms with Crippen LogP contribution in [0.2, 0.25) is 0 Å². The lowest BCUT2D eigenvalue weighted by atomic mass is 9.98. The zero-order valence-electron chi connectivity index (χ0n) is 16.6. The van der Waals surface area contributed by atoms with Gasteiger partial charge in [0, 0.05) is 25.0 Å². The van der Waals surface area contributed by atoms with Crippen LogP contribution in [0.1, 0.15) is 37.0 Å². The second kappa shape index (κ2) is 10.9. The minimum atomic E-state index is -0.561. The van der Waals surface area contributed by atoms with Gasteiger partial charge < -0.3 is 19.7 Å². The Bertz CT molecular complexity index is 811. The molecule has 8 heteroatoms. The molecule has 0 radical (unpaired) electrons. The van der Waals surface area contributed by atoms with Gasteiger partial charge in [-0.3, -0.25) is 9.59 Å². The Morgan fingerprint density at radius 1 is 1.21 bits per heavy atom. The molecule has 8 nitrogen and oxygen atoms in total. The fourth-order valence-corrected chi connectivity index (χ4v) is 3.00. The highest BCUT2D eigenvalue weighted by Crippen LogP contribution is 2.19. The number of esters is 2. The molecule has 1 N–H and O–H groups in total. The number of piperidine rings is 1. The predicted octanol–water partition coefficient (Wildman–Crippen LogP) is 2.48. The zero-order valence-corrected chi connectivity index (χ0v) is 16.6. The van der Waals surface area contributed by atoms with Gasteiger partial charge in [0.2, 0.25) is 0 Å². The molecule has 0 spiro atoms. The second-order valence-electron chi connectivity index (χ2n) is 6.49. The van der Waals surface area contributed by atoms with Crippen LogP contribution in [-0.2, 0) is 19.1 Å². The zero-order chi connectivity index (χ0) is 21.2. The van der Waals surface area contributed by atoms with Crippen molar-refractivity contribution in [3.63, 3.8) is 0 Å². The molecule has 29 heavy (non-hydrogen) atoms. The van der Waals surface area contributed by atoms with Crippen LogP contribution in [0.25, 0.3) is 0 Å². The summed E-state index contributed by atoms with van der Waals surface area (Å²) in [5, 5.41) is 12.0. The number of carbonyl (C=O) groups is 3. The molecule has 1 atom stereocenters. The maximum Gasteiger partial charge on any atom is 0.338 e. The van der Waals surface area contributed by atoms with Gasteiger partial charge >= 0.3 is 11.9 Å². The van der Waals surface area contributed by atoms with E-state index in [1.807, 2.05) is 6.07 Å². The molecule has 154 valence electrons. The molecule has 1 aliphatic heterocycles. The second-order valence-corrected chi connectivity index (χ2v) is 6.49. The van der Waals surface area contributed by atoms with E-state index in [1.54, 1.807) is 30.9 Å². The van der Waals surface area contributed by atoms with Crippen molar-refractivity contribution >= 4 is 23.5 Å². The average Bonchev–Trinajstić information content (AvgIpc) is 2.73. The van der Waals surface area contributed by atoms with Gasteiger partial charge in [-0.05, 0) is 51.0 Å². The van der Waals surface area contributed by atoms with E-state index in [0.29, 0.717) is 30.9 Å². The fourth-order valence-electron chi connectivity index (χ4n) is 3.00. The summed E-state index contributed by atoms with van der Waals surface area (Å²) < 4.78 is 9.98. The molecule has 1 aromatic carbocycles. The minimum absolute atomic E-state index is 0.0658. The standard InChI is InChI=1S/C21H25N3O5/c1-3-28-20(26)15-7-9-18(10-8-15)23-19(25)17(12-22)14-24-11-5-6-16(13-24)21(27)29-4-2/h7-10,14,16H,3-6,11,13H2,1-2H3,(H,23,25)/b17-14-. The number of benzene rings is 1. The Morgan fingerprint density at radius 2 is 1.90 bits per heavy atom. The van der Waals surface area contributed by atoms with Crippen molar-refractivity contribution in [2.24, 2.45) is 5.92 Å². The van der Waals surface area contributed by atoms with E-state index in [2.05, 4.69) is 5.32 Å². The van der Waals surface area contributed by atoms with Crippen LogP contribution in [0.5, 0.6) is 0 Å². The van der Waals surface area contributed by atoms with Crippen molar-refractivity contribution in [2.75, 3.05) is 31.6 Å². The molecule has 0 saturated carbocycles. The smallest absolute Gasteiger partial charge is 0.338 e. The molecule has 1 aromatic rings. The van der Waals surface area contributed by atoms with E-state index in [4.69, 9.17) is 9.47 Å². The lowest BCUT2D eigenvalue weighted by Crippen LogP contribution is -2.37. The third-order valence-corrected chi connectivity index (χ3v) is 4.40. The number of likely N-dealkylation sites (tertiary alicyclic amines) is 1. The Kier molecular flexibility index (Phi) is 8.22. The monoisotopic (exact) mass is 399 g/mol. The number of amides is 1. The van der Waals surface area contributed by atoms with Crippen molar-refractivity contribution in [2.45, 2.75) is 26.7 Å². The van der Waals surface area contributed by atoms with Crippen LogP contribution in [-0.4, -0.2) is 49.0 Å². The van der Waals surface area contributed by atoms with Crippen molar-refractivity contribution in [3.05, 3.63) is 41.6 Å². The lowest BCUT2D eigenvalue weighted by molar-refractivity contribution is -0.149. The van der Waals surface area contributed by atoms with E-state index in [-0.39, 0.29) is 24.1 Å². The van der Waals surface area contributed by atoms with Gasteiger partial charge in [-0.15, -0.1) is 0 Å². The van der Waals surface area contributed by atoms with E-state index >= 15 is 0 Å². The summed E-state index contributed by atoms with van der Waals surface area (Å²) in [6, 6.07) is 8.11.